The molecule has 0 aromatic heterocycles. The summed E-state index contributed by atoms with van der Waals surface area (Å²) in [5.41, 5.74) is 5.67. The van der Waals surface area contributed by atoms with Crippen LogP contribution in [0.25, 0.3) is 0 Å². The third kappa shape index (κ3) is 5.09. The van der Waals surface area contributed by atoms with E-state index in [0.717, 1.165) is 32.5 Å². The number of nitrogens with zero attached hydrogens (tertiary/aromatic N) is 1. The van der Waals surface area contributed by atoms with Gasteiger partial charge in [0.15, 0.2) is 5.78 Å². The highest BCUT2D eigenvalue weighted by molar-refractivity contribution is 9.10. The van der Waals surface area contributed by atoms with E-state index in [2.05, 4.69) is 21.2 Å². The summed E-state index contributed by atoms with van der Waals surface area (Å²) in [5.74, 6) is -1.39. The molecular formula is C30H27BrN2O4. The van der Waals surface area contributed by atoms with Crippen LogP contribution in [-0.4, -0.2) is 22.8 Å². The number of para-hydroxylation sites is 2. The fraction of sp³-hybridized carbons (Fsp3) is 0.233. The molecule has 0 saturated carbocycles. The average Bonchev–Trinajstić information content (AvgIpc) is 3.02. The van der Waals surface area contributed by atoms with E-state index in [1.54, 1.807) is 4.90 Å². The number of amides is 1. The van der Waals surface area contributed by atoms with Gasteiger partial charge in [0.2, 0.25) is 5.91 Å². The Balaban J connectivity index is 1.68. The average molecular weight is 559 g/mol. The normalized spacial score (nSPS) is 19.0. The highest BCUT2D eigenvalue weighted by Gasteiger charge is 2.41. The lowest BCUT2D eigenvalue weighted by molar-refractivity contribution is -0.138. The number of nitrogens with one attached hydrogen (secondary N) is 1. The van der Waals surface area contributed by atoms with Crippen molar-refractivity contribution in [2.24, 2.45) is 0 Å². The van der Waals surface area contributed by atoms with Gasteiger partial charge in [0, 0.05) is 28.6 Å². The molecule has 2 unspecified atom stereocenters. The van der Waals surface area contributed by atoms with Gasteiger partial charge >= 0.3 is 5.97 Å². The number of aliphatic carboxylic acids is 1. The molecule has 0 radical (unpaired) electrons. The molecule has 1 aliphatic carbocycles. The van der Waals surface area contributed by atoms with Crippen LogP contribution in [0.1, 0.15) is 54.3 Å². The van der Waals surface area contributed by atoms with Crippen LogP contribution < -0.4 is 10.2 Å². The first kappa shape index (κ1) is 25.0. The lowest BCUT2D eigenvalue weighted by atomic mass is 9.78. The Hall–Kier alpha value is -3.71. The Morgan fingerprint density at radius 1 is 0.973 bits per heavy atom. The number of hydrogen-bond donors (Lipinski definition) is 2. The third-order valence-corrected chi connectivity index (χ3v) is 7.52. The lowest BCUT2D eigenvalue weighted by Crippen LogP contribution is -2.38. The first-order valence-corrected chi connectivity index (χ1v) is 13.1. The molecule has 1 heterocycles. The van der Waals surface area contributed by atoms with Crippen molar-refractivity contribution in [3.63, 3.8) is 0 Å². The fourth-order valence-electron chi connectivity index (χ4n) is 5.26. The predicted molar refractivity (Wildman–Crippen MR) is 146 cm³/mol. The number of carboxylic acid groups (broad SMARTS) is 1. The first-order chi connectivity index (χ1) is 17.8. The summed E-state index contributed by atoms with van der Waals surface area (Å²) in [7, 11) is 0. The molecule has 1 aliphatic heterocycles. The molecule has 0 bridgehead atoms. The molecule has 1 amide bonds. The molecule has 6 nitrogen and oxygen atoms in total. The molecule has 37 heavy (non-hydrogen) atoms. The van der Waals surface area contributed by atoms with Crippen LogP contribution in [0.5, 0.6) is 0 Å². The zero-order valence-corrected chi connectivity index (χ0v) is 22.0. The van der Waals surface area contributed by atoms with Gasteiger partial charge in [-0.2, -0.15) is 0 Å². The largest absolute Gasteiger partial charge is 0.481 e. The topological polar surface area (TPSA) is 86.7 Å². The number of carbonyl (C=O) groups excluding carboxylic acids is 2. The number of Topliss-reactive ketones (excluding diaryl/α,β-unsaturated/α-hetero) is 1. The Bertz CT molecular complexity index is 1410. The second kappa shape index (κ2) is 10.3. The Morgan fingerprint density at radius 2 is 1.73 bits per heavy atom. The van der Waals surface area contributed by atoms with Crippen molar-refractivity contribution >= 4 is 45.0 Å². The van der Waals surface area contributed by atoms with Crippen LogP contribution in [0.3, 0.4) is 0 Å². The van der Waals surface area contributed by atoms with Crippen LogP contribution in [0.15, 0.2) is 88.5 Å². The first-order valence-electron chi connectivity index (χ1n) is 12.3. The SMILES string of the molecule is Cc1ccc(C2C3=C(CC(c4cccc(Br)c4)CC3=O)Nc3ccccc3N2C(=O)CCC(=O)O)cc1. The van der Waals surface area contributed by atoms with Gasteiger partial charge < -0.3 is 10.4 Å². The van der Waals surface area contributed by atoms with Crippen molar-refractivity contribution in [3.05, 3.63) is 105 Å². The summed E-state index contributed by atoms with van der Waals surface area (Å²) in [6.07, 6.45) is 0.498. The minimum absolute atomic E-state index is 0.00339. The number of aryl methyl sites for hydroxylation is 1. The van der Waals surface area contributed by atoms with E-state index >= 15 is 0 Å². The van der Waals surface area contributed by atoms with Crippen molar-refractivity contribution in [2.75, 3.05) is 10.2 Å². The Kier molecular flexibility index (Phi) is 6.98. The van der Waals surface area contributed by atoms with Crippen LogP contribution >= 0.6 is 15.9 Å². The van der Waals surface area contributed by atoms with Crippen LogP contribution in [-0.2, 0) is 14.4 Å². The molecule has 7 heteroatoms. The predicted octanol–water partition coefficient (Wildman–Crippen LogP) is 6.52. The van der Waals surface area contributed by atoms with E-state index in [9.17, 15) is 19.5 Å². The van der Waals surface area contributed by atoms with Crippen LogP contribution in [0.2, 0.25) is 0 Å². The molecule has 0 saturated heterocycles. The van der Waals surface area contributed by atoms with E-state index in [1.165, 1.54) is 0 Å². The zero-order valence-electron chi connectivity index (χ0n) is 20.4. The van der Waals surface area contributed by atoms with Gasteiger partial charge in [0.1, 0.15) is 0 Å². The zero-order chi connectivity index (χ0) is 26.1. The van der Waals surface area contributed by atoms with Crippen molar-refractivity contribution in [3.8, 4) is 0 Å². The molecule has 188 valence electrons. The summed E-state index contributed by atoms with van der Waals surface area (Å²) in [6.45, 7) is 1.99. The third-order valence-electron chi connectivity index (χ3n) is 7.02. The molecule has 2 N–H and O–H groups in total. The minimum Gasteiger partial charge on any atom is -0.481 e. The van der Waals surface area contributed by atoms with E-state index in [1.807, 2.05) is 79.7 Å². The van der Waals surface area contributed by atoms with Gasteiger partial charge in [-0.1, -0.05) is 70.0 Å². The Labute approximate surface area is 224 Å². The van der Waals surface area contributed by atoms with Crippen LogP contribution in [0.4, 0.5) is 11.4 Å². The maximum atomic E-state index is 13.9. The quantitative estimate of drug-likeness (QED) is 0.372. The fourth-order valence-corrected chi connectivity index (χ4v) is 5.68. The summed E-state index contributed by atoms with van der Waals surface area (Å²) in [4.78, 5) is 40.5. The van der Waals surface area contributed by atoms with Gasteiger partial charge in [0.25, 0.3) is 0 Å². The summed E-state index contributed by atoms with van der Waals surface area (Å²) in [5, 5.41) is 12.8. The van der Waals surface area contributed by atoms with Gasteiger partial charge in [-0.3, -0.25) is 19.3 Å². The maximum absolute atomic E-state index is 13.9. The van der Waals surface area contributed by atoms with Gasteiger partial charge in [-0.05, 0) is 54.7 Å². The van der Waals surface area contributed by atoms with Gasteiger partial charge in [-0.25, -0.2) is 0 Å². The van der Waals surface area contributed by atoms with Crippen molar-refractivity contribution in [1.82, 2.24) is 0 Å². The summed E-state index contributed by atoms with van der Waals surface area (Å²) in [6, 6.07) is 22.7. The number of fused-ring (bicyclic) bond motifs is 1. The lowest BCUT2D eigenvalue weighted by Gasteiger charge is -2.35. The second-order valence-corrected chi connectivity index (χ2v) is 10.5. The molecule has 0 spiro atoms. The number of allylic oxidation sites excluding steroid dienone is 1. The number of rotatable bonds is 5. The minimum atomic E-state index is -1.04. The molecule has 2 aliphatic rings. The second-order valence-electron chi connectivity index (χ2n) is 9.59. The number of carbonyl (C=O) groups is 3. The monoisotopic (exact) mass is 558 g/mol. The van der Waals surface area contributed by atoms with Crippen molar-refractivity contribution in [2.45, 2.75) is 44.6 Å². The van der Waals surface area contributed by atoms with E-state index in [4.69, 9.17) is 0 Å². The number of carboxylic acids is 1. The number of anilines is 2. The van der Waals surface area contributed by atoms with Gasteiger partial charge in [-0.15, -0.1) is 0 Å². The van der Waals surface area contributed by atoms with Crippen LogP contribution in [0, 0.1) is 6.92 Å². The van der Waals surface area contributed by atoms with Crippen molar-refractivity contribution in [1.29, 1.82) is 0 Å². The van der Waals surface area contributed by atoms with E-state index < -0.39 is 12.0 Å². The smallest absolute Gasteiger partial charge is 0.303 e. The van der Waals surface area contributed by atoms with E-state index in [-0.39, 0.29) is 30.4 Å². The van der Waals surface area contributed by atoms with E-state index in [0.29, 0.717) is 24.1 Å². The summed E-state index contributed by atoms with van der Waals surface area (Å²) < 4.78 is 0.962. The van der Waals surface area contributed by atoms with Crippen molar-refractivity contribution < 1.29 is 19.5 Å². The maximum Gasteiger partial charge on any atom is 0.303 e. The number of benzene rings is 3. The molecule has 0 fully saturated rings. The molecular weight excluding hydrogens is 532 g/mol. The standard InChI is InChI=1S/C30H27BrN2O4/c1-18-9-11-19(12-10-18)30-29-24(16-21(17-26(29)34)20-5-4-6-22(31)15-20)32-23-7-2-3-8-25(23)33(30)27(35)13-14-28(36)37/h2-12,15,21,30,32H,13-14,16-17H2,1H3,(H,36,37). The highest BCUT2D eigenvalue weighted by atomic mass is 79.9. The molecule has 5 rings (SSSR count). The van der Waals surface area contributed by atoms with Gasteiger partial charge in [0.05, 0.1) is 23.8 Å². The number of ketones is 1. The molecule has 3 aromatic carbocycles. The molecule has 3 aromatic rings. The Morgan fingerprint density at radius 3 is 2.46 bits per heavy atom. The molecule has 2 atom stereocenters. The summed E-state index contributed by atoms with van der Waals surface area (Å²) >= 11 is 3.54. The highest BCUT2D eigenvalue weighted by Crippen LogP contribution is 2.47. The number of halogens is 1. The number of hydrogen-bond acceptors (Lipinski definition) is 4.